The maximum Gasteiger partial charge on any atom is 0.256 e. The Morgan fingerprint density at radius 1 is 1.45 bits per heavy atom. The molecule has 1 aromatic rings. The summed E-state index contributed by atoms with van der Waals surface area (Å²) in [6.45, 7) is 6.98. The monoisotopic (exact) mass is 275 g/mol. The van der Waals surface area contributed by atoms with Gasteiger partial charge >= 0.3 is 0 Å². The van der Waals surface area contributed by atoms with Gasteiger partial charge in [-0.05, 0) is 31.2 Å². The Hall–Kier alpha value is -1.58. The molecule has 0 aromatic carbocycles. The van der Waals surface area contributed by atoms with Crippen LogP contribution in [0.15, 0.2) is 18.5 Å². The number of nitrogens with one attached hydrogen (secondary N) is 1. The first-order chi connectivity index (χ1) is 9.76. The van der Waals surface area contributed by atoms with Crippen molar-refractivity contribution < 1.29 is 4.79 Å². The highest BCUT2D eigenvalue weighted by atomic mass is 16.2. The van der Waals surface area contributed by atoms with Gasteiger partial charge in [-0.25, -0.2) is 0 Å². The van der Waals surface area contributed by atoms with Crippen LogP contribution in [-0.4, -0.2) is 35.4 Å². The highest BCUT2D eigenvalue weighted by molar-refractivity contribution is 5.99. The number of hydrogen-bond donors (Lipinski definition) is 1. The lowest BCUT2D eigenvalue weighted by Gasteiger charge is -2.18. The van der Waals surface area contributed by atoms with Gasteiger partial charge in [0.05, 0.1) is 17.4 Å². The average molecular weight is 275 g/mol. The molecule has 110 valence electrons. The van der Waals surface area contributed by atoms with Crippen LogP contribution in [0, 0.1) is 5.92 Å². The molecule has 20 heavy (non-hydrogen) atoms. The second-order valence-corrected chi connectivity index (χ2v) is 5.54. The van der Waals surface area contributed by atoms with Gasteiger partial charge in [0, 0.05) is 25.8 Å². The minimum atomic E-state index is 0.143. The lowest BCUT2D eigenvalue weighted by Crippen LogP contribution is -2.29. The molecule has 1 unspecified atom stereocenters. The first-order valence-corrected chi connectivity index (χ1v) is 7.73. The van der Waals surface area contributed by atoms with E-state index < -0.39 is 0 Å². The summed E-state index contributed by atoms with van der Waals surface area (Å²) in [5.41, 5.74) is 1.61. The summed E-state index contributed by atoms with van der Waals surface area (Å²) in [6.07, 6.45) is 8.05. The average Bonchev–Trinajstić information content (AvgIpc) is 2.94. The van der Waals surface area contributed by atoms with E-state index in [4.69, 9.17) is 0 Å². The standard InChI is InChI=1S/C16H25N3O/c1-3-5-13-7-10-19(12-13)16(20)14-6-9-17-11-15(14)18-8-4-2/h6,9,11,13,18H,3-5,7-8,10,12H2,1-2H3. The summed E-state index contributed by atoms with van der Waals surface area (Å²) >= 11 is 0. The Balaban J connectivity index is 2.05. The number of hydrogen-bond acceptors (Lipinski definition) is 3. The third-order valence-corrected chi connectivity index (χ3v) is 3.89. The van der Waals surface area contributed by atoms with Crippen molar-refractivity contribution in [1.82, 2.24) is 9.88 Å². The van der Waals surface area contributed by atoms with Gasteiger partial charge in [-0.3, -0.25) is 9.78 Å². The second kappa shape index (κ2) is 7.27. The molecule has 1 saturated heterocycles. The number of rotatable bonds is 6. The zero-order valence-corrected chi connectivity index (χ0v) is 12.6. The van der Waals surface area contributed by atoms with Gasteiger partial charge in [0.1, 0.15) is 0 Å². The van der Waals surface area contributed by atoms with E-state index in [-0.39, 0.29) is 5.91 Å². The minimum absolute atomic E-state index is 0.143. The van der Waals surface area contributed by atoms with Crippen molar-refractivity contribution in [2.24, 2.45) is 5.92 Å². The van der Waals surface area contributed by atoms with Crippen molar-refractivity contribution in [2.45, 2.75) is 39.5 Å². The fraction of sp³-hybridized carbons (Fsp3) is 0.625. The highest BCUT2D eigenvalue weighted by Gasteiger charge is 2.27. The van der Waals surface area contributed by atoms with Gasteiger partial charge < -0.3 is 10.2 Å². The predicted molar refractivity (Wildman–Crippen MR) is 81.9 cm³/mol. The molecule has 1 aliphatic rings. The summed E-state index contributed by atoms with van der Waals surface area (Å²) in [4.78, 5) is 18.8. The maximum atomic E-state index is 12.6. The molecule has 0 aliphatic carbocycles. The van der Waals surface area contributed by atoms with Crippen LogP contribution in [0.5, 0.6) is 0 Å². The summed E-state index contributed by atoms with van der Waals surface area (Å²) < 4.78 is 0. The van der Waals surface area contributed by atoms with Crippen LogP contribution in [0.2, 0.25) is 0 Å². The predicted octanol–water partition coefficient (Wildman–Crippen LogP) is 3.17. The molecule has 1 aliphatic heterocycles. The molecular formula is C16H25N3O. The second-order valence-electron chi connectivity index (χ2n) is 5.54. The van der Waals surface area contributed by atoms with E-state index >= 15 is 0 Å². The smallest absolute Gasteiger partial charge is 0.256 e. The fourth-order valence-electron chi connectivity index (χ4n) is 2.81. The fourth-order valence-corrected chi connectivity index (χ4v) is 2.81. The number of pyridine rings is 1. The van der Waals surface area contributed by atoms with Crippen LogP contribution < -0.4 is 5.32 Å². The molecule has 1 fully saturated rings. The van der Waals surface area contributed by atoms with Crippen molar-refractivity contribution >= 4 is 11.6 Å². The van der Waals surface area contributed by atoms with Crippen LogP contribution in [0.3, 0.4) is 0 Å². The lowest BCUT2D eigenvalue weighted by molar-refractivity contribution is 0.0787. The molecule has 1 atom stereocenters. The summed E-state index contributed by atoms with van der Waals surface area (Å²) in [5, 5.41) is 3.29. The highest BCUT2D eigenvalue weighted by Crippen LogP contribution is 2.24. The molecule has 4 nitrogen and oxygen atoms in total. The first kappa shape index (κ1) is 14.8. The van der Waals surface area contributed by atoms with E-state index in [1.807, 2.05) is 11.0 Å². The third-order valence-electron chi connectivity index (χ3n) is 3.89. The third kappa shape index (κ3) is 3.50. The number of aromatic nitrogens is 1. The van der Waals surface area contributed by atoms with Crippen LogP contribution in [-0.2, 0) is 0 Å². The van der Waals surface area contributed by atoms with Crippen LogP contribution in [0.4, 0.5) is 5.69 Å². The van der Waals surface area contributed by atoms with E-state index in [1.54, 1.807) is 12.4 Å². The number of likely N-dealkylation sites (tertiary alicyclic amines) is 1. The van der Waals surface area contributed by atoms with E-state index in [2.05, 4.69) is 24.1 Å². The number of amides is 1. The van der Waals surface area contributed by atoms with E-state index in [0.29, 0.717) is 5.92 Å². The molecule has 1 amide bonds. The van der Waals surface area contributed by atoms with Crippen LogP contribution >= 0.6 is 0 Å². The topological polar surface area (TPSA) is 45.2 Å². The van der Waals surface area contributed by atoms with Crippen molar-refractivity contribution in [3.8, 4) is 0 Å². The molecule has 0 saturated carbocycles. The zero-order valence-electron chi connectivity index (χ0n) is 12.6. The maximum absolute atomic E-state index is 12.6. The van der Waals surface area contributed by atoms with Gasteiger partial charge in [0.2, 0.25) is 0 Å². The Bertz CT molecular complexity index is 447. The molecule has 0 spiro atoms. The largest absolute Gasteiger partial charge is 0.383 e. The molecule has 1 N–H and O–H groups in total. The Labute approximate surface area is 121 Å². The normalized spacial score (nSPS) is 18.3. The van der Waals surface area contributed by atoms with Crippen molar-refractivity contribution in [3.63, 3.8) is 0 Å². The van der Waals surface area contributed by atoms with E-state index in [9.17, 15) is 4.79 Å². The van der Waals surface area contributed by atoms with Crippen LogP contribution in [0.1, 0.15) is 49.9 Å². The zero-order chi connectivity index (χ0) is 14.4. The van der Waals surface area contributed by atoms with Gasteiger partial charge in [0.15, 0.2) is 0 Å². The number of carbonyl (C=O) groups is 1. The Morgan fingerprint density at radius 2 is 2.30 bits per heavy atom. The molecule has 0 bridgehead atoms. The molecule has 2 rings (SSSR count). The number of carbonyl (C=O) groups excluding carboxylic acids is 1. The van der Waals surface area contributed by atoms with E-state index in [0.717, 1.165) is 43.7 Å². The Morgan fingerprint density at radius 3 is 3.05 bits per heavy atom. The molecule has 1 aromatic heterocycles. The molecular weight excluding hydrogens is 250 g/mol. The first-order valence-electron chi connectivity index (χ1n) is 7.73. The summed E-state index contributed by atoms with van der Waals surface area (Å²) in [5.74, 6) is 0.822. The SMILES string of the molecule is CCCNc1cnccc1C(=O)N1CCC(CCC)C1. The van der Waals surface area contributed by atoms with Gasteiger partial charge in [-0.2, -0.15) is 0 Å². The van der Waals surface area contributed by atoms with Crippen LogP contribution in [0.25, 0.3) is 0 Å². The Kier molecular flexibility index (Phi) is 5.39. The van der Waals surface area contributed by atoms with Crippen molar-refractivity contribution in [1.29, 1.82) is 0 Å². The molecule has 2 heterocycles. The van der Waals surface area contributed by atoms with Gasteiger partial charge in [-0.15, -0.1) is 0 Å². The van der Waals surface area contributed by atoms with Gasteiger partial charge in [-0.1, -0.05) is 20.3 Å². The summed E-state index contributed by atoms with van der Waals surface area (Å²) in [6, 6.07) is 1.83. The molecule has 0 radical (unpaired) electrons. The quantitative estimate of drug-likeness (QED) is 0.867. The van der Waals surface area contributed by atoms with E-state index in [1.165, 1.54) is 12.8 Å². The summed E-state index contributed by atoms with van der Waals surface area (Å²) in [7, 11) is 0. The number of nitrogens with zero attached hydrogens (tertiary/aromatic N) is 2. The lowest BCUT2D eigenvalue weighted by atomic mass is 10.0. The van der Waals surface area contributed by atoms with Crippen molar-refractivity contribution in [3.05, 3.63) is 24.0 Å². The molecule has 4 heteroatoms. The van der Waals surface area contributed by atoms with Gasteiger partial charge in [0.25, 0.3) is 5.91 Å². The number of anilines is 1. The van der Waals surface area contributed by atoms with Crippen molar-refractivity contribution in [2.75, 3.05) is 25.0 Å². The minimum Gasteiger partial charge on any atom is -0.383 e.